The molecule has 0 aromatic heterocycles. The third kappa shape index (κ3) is 3.29. The van der Waals surface area contributed by atoms with E-state index < -0.39 is 31.0 Å². The molecule has 0 aromatic rings. The van der Waals surface area contributed by atoms with Gasteiger partial charge in [-0.15, -0.1) is 0 Å². The van der Waals surface area contributed by atoms with Crippen molar-refractivity contribution >= 4 is 6.29 Å². The van der Waals surface area contributed by atoms with E-state index in [9.17, 15) is 9.90 Å². The van der Waals surface area contributed by atoms with Crippen LogP contribution in [0.5, 0.6) is 0 Å². The van der Waals surface area contributed by atoms with E-state index in [0.29, 0.717) is 0 Å². The maximum Gasteiger partial charge on any atom is 0.149 e. The zero-order chi connectivity index (χ0) is 11.1. The van der Waals surface area contributed by atoms with Gasteiger partial charge >= 0.3 is 0 Å². The maximum atomic E-state index is 10.1. The van der Waals surface area contributed by atoms with Crippen LogP contribution >= 0.6 is 0 Å². The van der Waals surface area contributed by atoms with Gasteiger partial charge in [-0.1, -0.05) is 5.11 Å². The Bertz CT molecular complexity index is 230. The van der Waals surface area contributed by atoms with Gasteiger partial charge in [-0.25, -0.2) is 0 Å². The average molecular weight is 205 g/mol. The van der Waals surface area contributed by atoms with Crippen molar-refractivity contribution in [2.24, 2.45) is 5.11 Å². The Morgan fingerprint density at radius 1 is 1.43 bits per heavy atom. The summed E-state index contributed by atoms with van der Waals surface area (Å²) in [7, 11) is 0. The van der Waals surface area contributed by atoms with Gasteiger partial charge < -0.3 is 25.2 Å². The highest BCUT2D eigenvalue weighted by Gasteiger charge is 2.30. The molecule has 0 fully saturated rings. The summed E-state index contributed by atoms with van der Waals surface area (Å²) in [6.45, 7) is -0.774. The number of aliphatic hydroxyl groups excluding tert-OH is 4. The van der Waals surface area contributed by atoms with Crippen LogP contribution in [0.1, 0.15) is 0 Å². The number of hydrogen-bond acceptors (Lipinski definition) is 6. The lowest BCUT2D eigenvalue weighted by Crippen LogP contribution is -2.45. The second-order valence-corrected chi connectivity index (χ2v) is 2.56. The van der Waals surface area contributed by atoms with Crippen LogP contribution in [0.3, 0.4) is 0 Å². The molecule has 0 bridgehead atoms. The molecule has 0 radical (unpaired) electrons. The number of aldehydes is 1. The molecule has 8 nitrogen and oxygen atoms in total. The number of nitrogens with zero attached hydrogens (tertiary/aromatic N) is 3. The van der Waals surface area contributed by atoms with Crippen molar-refractivity contribution in [3.63, 3.8) is 0 Å². The fourth-order valence-electron chi connectivity index (χ4n) is 0.814. The summed E-state index contributed by atoms with van der Waals surface area (Å²) in [5, 5.41) is 38.6. The molecule has 0 aliphatic carbocycles. The van der Waals surface area contributed by atoms with Gasteiger partial charge in [0.15, 0.2) is 0 Å². The Labute approximate surface area is 79.0 Å². The van der Waals surface area contributed by atoms with Crippen LogP contribution in [-0.2, 0) is 4.79 Å². The summed E-state index contributed by atoms with van der Waals surface area (Å²) in [6, 6.07) is -1.51. The quantitative estimate of drug-likeness (QED) is 0.170. The molecular formula is C6H11N3O5. The number of rotatable bonds is 6. The monoisotopic (exact) mass is 205 g/mol. The van der Waals surface area contributed by atoms with Crippen molar-refractivity contribution in [3.8, 4) is 0 Å². The zero-order valence-electron chi connectivity index (χ0n) is 7.13. The van der Waals surface area contributed by atoms with Crippen molar-refractivity contribution in [3.05, 3.63) is 10.4 Å². The molecule has 80 valence electrons. The summed E-state index contributed by atoms with van der Waals surface area (Å²) < 4.78 is 0. The van der Waals surface area contributed by atoms with Crippen molar-refractivity contribution in [1.82, 2.24) is 0 Å². The fourth-order valence-corrected chi connectivity index (χ4v) is 0.814. The zero-order valence-corrected chi connectivity index (χ0v) is 7.13. The first kappa shape index (κ1) is 12.8. The summed E-state index contributed by atoms with van der Waals surface area (Å²) in [5.74, 6) is 0. The molecule has 0 heterocycles. The third-order valence-corrected chi connectivity index (χ3v) is 1.61. The maximum absolute atomic E-state index is 10.1. The lowest BCUT2D eigenvalue weighted by Gasteiger charge is -2.23. The molecule has 8 heteroatoms. The number of hydrogen-bond donors (Lipinski definition) is 4. The van der Waals surface area contributed by atoms with E-state index in [1.807, 2.05) is 0 Å². The van der Waals surface area contributed by atoms with Crippen LogP contribution in [0.15, 0.2) is 5.11 Å². The summed E-state index contributed by atoms with van der Waals surface area (Å²) in [5.41, 5.74) is 8.06. The molecule has 4 N–H and O–H groups in total. The Balaban J connectivity index is 4.63. The number of azide groups is 1. The van der Waals surface area contributed by atoms with Gasteiger partial charge in [0.25, 0.3) is 0 Å². The molecule has 0 amide bonds. The Kier molecular flexibility index (Phi) is 5.77. The standard InChI is InChI=1S/C6H11N3O5/c7-9-8-5(3(12)1-10)6(14)4(13)2-11/h1,3-6,11-14H,2H2/t3-,4-,5-,6-/m1/s1. The molecule has 4 atom stereocenters. The predicted molar refractivity (Wildman–Crippen MR) is 44.1 cm³/mol. The Morgan fingerprint density at radius 2 is 2.00 bits per heavy atom. The molecule has 14 heavy (non-hydrogen) atoms. The van der Waals surface area contributed by atoms with E-state index in [-0.39, 0.29) is 6.29 Å². The van der Waals surface area contributed by atoms with Crippen LogP contribution in [0.25, 0.3) is 10.4 Å². The van der Waals surface area contributed by atoms with Gasteiger partial charge in [-0.3, -0.25) is 0 Å². The fraction of sp³-hybridized carbons (Fsp3) is 0.833. The number of carbonyl (C=O) groups excluding carboxylic acids is 1. The minimum atomic E-state index is -1.72. The van der Waals surface area contributed by atoms with Crippen LogP contribution < -0.4 is 0 Å². The highest BCUT2D eigenvalue weighted by molar-refractivity contribution is 5.57. The van der Waals surface area contributed by atoms with Crippen molar-refractivity contribution in [1.29, 1.82) is 0 Å². The Morgan fingerprint density at radius 3 is 2.36 bits per heavy atom. The number of aliphatic hydroxyl groups is 4. The van der Waals surface area contributed by atoms with Gasteiger partial charge in [-0.2, -0.15) is 0 Å². The lowest BCUT2D eigenvalue weighted by atomic mass is 10.0. The van der Waals surface area contributed by atoms with Crippen LogP contribution in [-0.4, -0.2) is 57.7 Å². The van der Waals surface area contributed by atoms with Crippen molar-refractivity contribution < 1.29 is 25.2 Å². The second kappa shape index (κ2) is 6.30. The van der Waals surface area contributed by atoms with Crippen LogP contribution in [0.2, 0.25) is 0 Å². The first-order valence-corrected chi connectivity index (χ1v) is 3.73. The topological polar surface area (TPSA) is 147 Å². The van der Waals surface area contributed by atoms with Gasteiger partial charge in [0.1, 0.15) is 18.5 Å². The summed E-state index contributed by atoms with van der Waals surface area (Å²) in [6.07, 6.45) is -4.94. The molecule has 0 aliphatic heterocycles. The van der Waals surface area contributed by atoms with Crippen molar-refractivity contribution in [2.45, 2.75) is 24.4 Å². The smallest absolute Gasteiger partial charge is 0.149 e. The first-order chi connectivity index (χ1) is 6.58. The minimum absolute atomic E-state index is 0.0622. The van der Waals surface area contributed by atoms with E-state index in [1.165, 1.54) is 0 Å². The minimum Gasteiger partial charge on any atom is -0.394 e. The van der Waals surface area contributed by atoms with E-state index >= 15 is 0 Å². The molecule has 0 spiro atoms. The van der Waals surface area contributed by atoms with Gasteiger partial charge in [-0.05, 0) is 5.53 Å². The second-order valence-electron chi connectivity index (χ2n) is 2.56. The SMILES string of the molecule is [N-]=[N+]=N[C@@H]([C@H](O)[C@H](O)CO)[C@H](O)C=O. The largest absolute Gasteiger partial charge is 0.394 e. The van der Waals surface area contributed by atoms with Gasteiger partial charge in [0.2, 0.25) is 0 Å². The number of carbonyl (C=O) groups is 1. The Hall–Kier alpha value is -1.18. The van der Waals surface area contributed by atoms with E-state index in [4.69, 9.17) is 20.9 Å². The molecule has 0 aliphatic rings. The molecule has 0 saturated carbocycles. The third-order valence-electron chi connectivity index (χ3n) is 1.61. The van der Waals surface area contributed by atoms with Gasteiger partial charge in [0.05, 0.1) is 18.8 Å². The average Bonchev–Trinajstić information content (AvgIpc) is 2.22. The van der Waals surface area contributed by atoms with E-state index in [0.717, 1.165) is 0 Å². The highest BCUT2D eigenvalue weighted by atomic mass is 16.4. The molecule has 0 saturated heterocycles. The van der Waals surface area contributed by atoms with Crippen LogP contribution in [0, 0.1) is 0 Å². The molecule has 0 aromatic carbocycles. The first-order valence-electron chi connectivity index (χ1n) is 3.73. The molecule has 0 rings (SSSR count). The van der Waals surface area contributed by atoms with Crippen LogP contribution in [0.4, 0.5) is 0 Å². The van der Waals surface area contributed by atoms with Crippen molar-refractivity contribution in [2.75, 3.05) is 6.61 Å². The van der Waals surface area contributed by atoms with E-state index in [1.54, 1.807) is 0 Å². The summed E-state index contributed by atoms with van der Waals surface area (Å²) in [4.78, 5) is 12.4. The molecule has 0 unspecified atom stereocenters. The highest BCUT2D eigenvalue weighted by Crippen LogP contribution is 2.08. The molecular weight excluding hydrogens is 194 g/mol. The summed E-state index contributed by atoms with van der Waals surface area (Å²) >= 11 is 0. The predicted octanol–water partition coefficient (Wildman–Crippen LogP) is -2.06. The normalized spacial score (nSPS) is 18.9. The van der Waals surface area contributed by atoms with Gasteiger partial charge in [0, 0.05) is 4.91 Å². The lowest BCUT2D eigenvalue weighted by molar-refractivity contribution is -0.119. The van der Waals surface area contributed by atoms with E-state index in [2.05, 4.69) is 10.0 Å².